The van der Waals surface area contributed by atoms with Crippen LogP contribution in [0.5, 0.6) is 0 Å². The molecule has 0 spiro atoms. The first-order valence-electron chi connectivity index (χ1n) is 6.78. The number of aryl methyl sites for hydroxylation is 1. The van der Waals surface area contributed by atoms with Crippen molar-refractivity contribution in [2.24, 2.45) is 0 Å². The summed E-state index contributed by atoms with van der Waals surface area (Å²) in [7, 11) is 0. The zero-order chi connectivity index (χ0) is 13.9. The van der Waals surface area contributed by atoms with Crippen molar-refractivity contribution in [3.05, 3.63) is 59.2 Å². The minimum absolute atomic E-state index is 0.193. The fourth-order valence-corrected chi connectivity index (χ4v) is 2.56. The number of anilines is 2. The van der Waals surface area contributed by atoms with Gasteiger partial charge in [-0.1, -0.05) is 24.3 Å². The SMILES string of the molecule is Fc1cccc(NCc2cccc3c2NCCC3)c1F. The number of benzene rings is 2. The topological polar surface area (TPSA) is 24.1 Å². The molecule has 20 heavy (non-hydrogen) atoms. The average molecular weight is 274 g/mol. The summed E-state index contributed by atoms with van der Waals surface area (Å²) in [5, 5.41) is 6.35. The highest BCUT2D eigenvalue weighted by atomic mass is 19.2. The number of hydrogen-bond acceptors (Lipinski definition) is 2. The molecule has 0 aromatic heterocycles. The summed E-state index contributed by atoms with van der Waals surface area (Å²) in [5.74, 6) is -1.66. The van der Waals surface area contributed by atoms with E-state index in [1.165, 1.54) is 11.6 Å². The van der Waals surface area contributed by atoms with Crippen molar-refractivity contribution in [2.45, 2.75) is 19.4 Å². The fraction of sp³-hybridized carbons (Fsp3) is 0.250. The third-order valence-electron chi connectivity index (χ3n) is 3.58. The van der Waals surface area contributed by atoms with Gasteiger partial charge >= 0.3 is 0 Å². The number of rotatable bonds is 3. The second-order valence-corrected chi connectivity index (χ2v) is 4.94. The van der Waals surface area contributed by atoms with Crippen molar-refractivity contribution in [1.29, 1.82) is 0 Å². The van der Waals surface area contributed by atoms with Crippen molar-refractivity contribution in [1.82, 2.24) is 0 Å². The first-order valence-corrected chi connectivity index (χ1v) is 6.78. The molecule has 0 amide bonds. The highest BCUT2D eigenvalue weighted by molar-refractivity contribution is 5.60. The summed E-state index contributed by atoms with van der Waals surface area (Å²) in [6, 6.07) is 10.3. The van der Waals surface area contributed by atoms with Gasteiger partial charge in [-0.2, -0.15) is 0 Å². The molecular weight excluding hydrogens is 258 g/mol. The molecule has 2 aromatic carbocycles. The molecule has 0 unspecified atom stereocenters. The Morgan fingerprint density at radius 1 is 1.10 bits per heavy atom. The van der Waals surface area contributed by atoms with Crippen molar-refractivity contribution >= 4 is 11.4 Å². The molecule has 2 aromatic rings. The highest BCUT2D eigenvalue weighted by Gasteiger charge is 2.13. The number of halogens is 2. The maximum Gasteiger partial charge on any atom is 0.181 e. The maximum atomic E-state index is 13.6. The number of nitrogens with one attached hydrogen (secondary N) is 2. The van der Waals surface area contributed by atoms with Crippen LogP contribution in [0.3, 0.4) is 0 Å². The molecule has 1 heterocycles. The standard InChI is InChI=1S/C16H16F2N2/c17-13-7-2-8-14(15(13)18)20-10-12-5-1-4-11-6-3-9-19-16(11)12/h1-2,4-5,7-8,19-20H,3,6,9-10H2. The van der Waals surface area contributed by atoms with Crippen molar-refractivity contribution < 1.29 is 8.78 Å². The molecule has 104 valence electrons. The van der Waals surface area contributed by atoms with Crippen LogP contribution in [0.4, 0.5) is 20.2 Å². The monoisotopic (exact) mass is 274 g/mol. The summed E-state index contributed by atoms with van der Waals surface area (Å²) in [4.78, 5) is 0. The lowest BCUT2D eigenvalue weighted by molar-refractivity contribution is 0.511. The molecule has 3 rings (SSSR count). The van der Waals surface area contributed by atoms with Gasteiger partial charge < -0.3 is 10.6 Å². The van der Waals surface area contributed by atoms with Gasteiger partial charge in [0.1, 0.15) is 0 Å². The number of hydrogen-bond donors (Lipinski definition) is 2. The molecule has 0 bridgehead atoms. The lowest BCUT2D eigenvalue weighted by Crippen LogP contribution is -2.15. The molecule has 4 heteroatoms. The minimum Gasteiger partial charge on any atom is -0.385 e. The van der Waals surface area contributed by atoms with Gasteiger partial charge in [0.25, 0.3) is 0 Å². The van der Waals surface area contributed by atoms with E-state index < -0.39 is 11.6 Å². The van der Waals surface area contributed by atoms with Gasteiger partial charge in [-0.05, 0) is 36.1 Å². The Morgan fingerprint density at radius 2 is 1.95 bits per heavy atom. The maximum absolute atomic E-state index is 13.6. The third kappa shape index (κ3) is 2.46. The van der Waals surface area contributed by atoms with E-state index in [-0.39, 0.29) is 5.69 Å². The first kappa shape index (κ1) is 12.9. The summed E-state index contributed by atoms with van der Waals surface area (Å²) in [5.41, 5.74) is 3.68. The van der Waals surface area contributed by atoms with Crippen LogP contribution in [0.15, 0.2) is 36.4 Å². The van der Waals surface area contributed by atoms with Crippen molar-refractivity contribution in [3.8, 4) is 0 Å². The Kier molecular flexibility index (Phi) is 3.54. The van der Waals surface area contributed by atoms with E-state index >= 15 is 0 Å². The molecule has 0 fully saturated rings. The molecule has 1 aliphatic heterocycles. The molecule has 0 radical (unpaired) electrons. The van der Waals surface area contributed by atoms with E-state index in [4.69, 9.17) is 0 Å². The van der Waals surface area contributed by atoms with E-state index in [0.717, 1.165) is 36.7 Å². The summed E-state index contributed by atoms with van der Waals surface area (Å²) in [6.07, 6.45) is 2.19. The molecular formula is C16H16F2N2. The molecule has 0 aliphatic carbocycles. The highest BCUT2D eigenvalue weighted by Crippen LogP contribution is 2.27. The number of para-hydroxylation sites is 1. The van der Waals surface area contributed by atoms with Gasteiger partial charge in [-0.15, -0.1) is 0 Å². The number of fused-ring (bicyclic) bond motifs is 1. The van der Waals surface area contributed by atoms with Crippen LogP contribution >= 0.6 is 0 Å². The van der Waals surface area contributed by atoms with Crippen LogP contribution in [0.2, 0.25) is 0 Å². The zero-order valence-electron chi connectivity index (χ0n) is 11.0. The molecule has 0 saturated carbocycles. The summed E-state index contributed by atoms with van der Waals surface area (Å²) < 4.78 is 26.7. The van der Waals surface area contributed by atoms with Crippen LogP contribution < -0.4 is 10.6 Å². The molecule has 2 nitrogen and oxygen atoms in total. The lowest BCUT2D eigenvalue weighted by atomic mass is 9.99. The van der Waals surface area contributed by atoms with Crippen molar-refractivity contribution in [2.75, 3.05) is 17.2 Å². The van der Waals surface area contributed by atoms with Gasteiger partial charge in [0.05, 0.1) is 5.69 Å². The zero-order valence-corrected chi connectivity index (χ0v) is 11.0. The molecule has 2 N–H and O–H groups in total. The van der Waals surface area contributed by atoms with E-state index in [1.54, 1.807) is 6.07 Å². The third-order valence-corrected chi connectivity index (χ3v) is 3.58. The van der Waals surface area contributed by atoms with Gasteiger partial charge in [0, 0.05) is 18.8 Å². The Hall–Kier alpha value is -2.10. The van der Waals surface area contributed by atoms with E-state index in [9.17, 15) is 8.78 Å². The Bertz CT molecular complexity index is 626. The minimum atomic E-state index is -0.830. The second kappa shape index (κ2) is 5.49. The van der Waals surface area contributed by atoms with Gasteiger partial charge in [0.15, 0.2) is 11.6 Å². The molecule has 0 saturated heterocycles. The van der Waals surface area contributed by atoms with Crippen LogP contribution in [0, 0.1) is 11.6 Å². The lowest BCUT2D eigenvalue weighted by Gasteiger charge is -2.21. The predicted molar refractivity (Wildman–Crippen MR) is 76.9 cm³/mol. The van der Waals surface area contributed by atoms with Gasteiger partial charge in [0.2, 0.25) is 0 Å². The predicted octanol–water partition coefficient (Wildman–Crippen LogP) is 3.94. The van der Waals surface area contributed by atoms with Gasteiger partial charge in [-0.3, -0.25) is 0 Å². The Labute approximate surface area is 116 Å². The first-order chi connectivity index (χ1) is 9.75. The van der Waals surface area contributed by atoms with Gasteiger partial charge in [-0.25, -0.2) is 8.78 Å². The van der Waals surface area contributed by atoms with Crippen molar-refractivity contribution in [3.63, 3.8) is 0 Å². The fourth-order valence-electron chi connectivity index (χ4n) is 2.56. The van der Waals surface area contributed by atoms with Crippen LogP contribution in [0.1, 0.15) is 17.5 Å². The van der Waals surface area contributed by atoms with Crippen LogP contribution in [-0.2, 0) is 13.0 Å². The van der Waals surface area contributed by atoms with Crippen LogP contribution in [-0.4, -0.2) is 6.54 Å². The normalized spacial score (nSPS) is 13.5. The molecule has 0 atom stereocenters. The largest absolute Gasteiger partial charge is 0.385 e. The average Bonchev–Trinajstić information content (AvgIpc) is 2.49. The Morgan fingerprint density at radius 3 is 2.85 bits per heavy atom. The van der Waals surface area contributed by atoms with E-state index in [0.29, 0.717) is 6.54 Å². The van der Waals surface area contributed by atoms with E-state index in [2.05, 4.69) is 16.7 Å². The smallest absolute Gasteiger partial charge is 0.181 e. The van der Waals surface area contributed by atoms with Crippen LogP contribution in [0.25, 0.3) is 0 Å². The second-order valence-electron chi connectivity index (χ2n) is 4.94. The quantitative estimate of drug-likeness (QED) is 0.886. The van der Waals surface area contributed by atoms with E-state index in [1.807, 2.05) is 12.1 Å². The Balaban J connectivity index is 1.80. The summed E-state index contributed by atoms with van der Waals surface area (Å²) >= 11 is 0. The summed E-state index contributed by atoms with van der Waals surface area (Å²) in [6.45, 7) is 1.43. The molecule has 1 aliphatic rings.